The van der Waals surface area contributed by atoms with Gasteiger partial charge in [-0.25, -0.2) is 9.97 Å². The van der Waals surface area contributed by atoms with Crippen LogP contribution in [0.2, 0.25) is 0 Å². The van der Waals surface area contributed by atoms with Gasteiger partial charge in [0.1, 0.15) is 0 Å². The first kappa shape index (κ1) is 13.8. The van der Waals surface area contributed by atoms with E-state index in [-0.39, 0.29) is 0 Å². The van der Waals surface area contributed by atoms with E-state index >= 15 is 0 Å². The molecule has 1 unspecified atom stereocenters. The molecule has 5 nitrogen and oxygen atoms in total. The minimum absolute atomic E-state index is 0.652. The first-order chi connectivity index (χ1) is 9.92. The molecule has 5 heteroatoms. The molecule has 0 aliphatic carbocycles. The standard InChI is InChI=1S/C15H25N5/c1-2-7-16-14(4-1)12-19-13-5-10-20(11-6-13)15-17-8-3-9-18-15/h3,8-9,13-14,16,19H,1-2,4-7,10-12H2. The molecule has 0 spiro atoms. The van der Waals surface area contributed by atoms with Gasteiger partial charge in [0.25, 0.3) is 0 Å². The summed E-state index contributed by atoms with van der Waals surface area (Å²) in [5, 5.41) is 7.33. The highest BCUT2D eigenvalue weighted by Gasteiger charge is 2.21. The van der Waals surface area contributed by atoms with Crippen LogP contribution >= 0.6 is 0 Å². The van der Waals surface area contributed by atoms with E-state index in [0.29, 0.717) is 12.1 Å². The van der Waals surface area contributed by atoms with E-state index in [1.807, 2.05) is 18.5 Å². The van der Waals surface area contributed by atoms with Crippen molar-refractivity contribution >= 4 is 5.95 Å². The lowest BCUT2D eigenvalue weighted by Crippen LogP contribution is -2.48. The van der Waals surface area contributed by atoms with Crippen molar-refractivity contribution in [2.45, 2.75) is 44.2 Å². The third kappa shape index (κ3) is 3.67. The van der Waals surface area contributed by atoms with Crippen LogP contribution in [0.5, 0.6) is 0 Å². The highest BCUT2D eigenvalue weighted by molar-refractivity contribution is 5.29. The number of aromatic nitrogens is 2. The molecule has 2 N–H and O–H groups in total. The number of rotatable bonds is 4. The fourth-order valence-corrected chi connectivity index (χ4v) is 3.15. The Morgan fingerprint density at radius 2 is 1.95 bits per heavy atom. The molecule has 2 aliphatic heterocycles. The molecule has 110 valence electrons. The van der Waals surface area contributed by atoms with Crippen molar-refractivity contribution in [3.63, 3.8) is 0 Å². The first-order valence-electron chi connectivity index (χ1n) is 7.90. The summed E-state index contributed by atoms with van der Waals surface area (Å²) >= 11 is 0. The molecule has 2 fully saturated rings. The fraction of sp³-hybridized carbons (Fsp3) is 0.733. The molecule has 1 aromatic heterocycles. The van der Waals surface area contributed by atoms with Crippen LogP contribution in [0, 0.1) is 0 Å². The average molecular weight is 275 g/mol. The third-order valence-electron chi connectivity index (χ3n) is 4.40. The Bertz CT molecular complexity index is 383. The number of anilines is 1. The number of piperidine rings is 2. The Balaban J connectivity index is 1.40. The zero-order valence-electron chi connectivity index (χ0n) is 12.1. The molecule has 0 bridgehead atoms. The minimum atomic E-state index is 0.652. The summed E-state index contributed by atoms with van der Waals surface area (Å²) in [6.45, 7) is 4.42. The normalized spacial score (nSPS) is 24.8. The van der Waals surface area contributed by atoms with Crippen LogP contribution in [0.1, 0.15) is 32.1 Å². The van der Waals surface area contributed by atoms with Gasteiger partial charge in [-0.2, -0.15) is 0 Å². The number of nitrogens with one attached hydrogen (secondary N) is 2. The molecule has 3 heterocycles. The van der Waals surface area contributed by atoms with Crippen LogP contribution in [0.3, 0.4) is 0 Å². The summed E-state index contributed by atoms with van der Waals surface area (Å²) in [6.07, 6.45) is 10.1. The van der Waals surface area contributed by atoms with Crippen molar-refractivity contribution in [2.24, 2.45) is 0 Å². The molecule has 2 saturated heterocycles. The maximum atomic E-state index is 4.33. The van der Waals surface area contributed by atoms with Crippen molar-refractivity contribution < 1.29 is 0 Å². The molecular formula is C15H25N5. The second-order valence-corrected chi connectivity index (χ2v) is 5.87. The zero-order valence-corrected chi connectivity index (χ0v) is 12.1. The maximum absolute atomic E-state index is 4.33. The van der Waals surface area contributed by atoms with E-state index in [9.17, 15) is 0 Å². The topological polar surface area (TPSA) is 53.1 Å². The predicted molar refractivity (Wildman–Crippen MR) is 80.9 cm³/mol. The van der Waals surface area contributed by atoms with Gasteiger partial charge in [-0.05, 0) is 38.3 Å². The van der Waals surface area contributed by atoms with Gasteiger partial charge in [-0.3, -0.25) is 0 Å². The number of hydrogen-bond acceptors (Lipinski definition) is 5. The van der Waals surface area contributed by atoms with Crippen molar-refractivity contribution in [3.05, 3.63) is 18.5 Å². The SMILES string of the molecule is c1cnc(N2CCC(NCC3CCCCN3)CC2)nc1. The Hall–Kier alpha value is -1.20. The zero-order chi connectivity index (χ0) is 13.6. The molecule has 1 atom stereocenters. The van der Waals surface area contributed by atoms with Crippen LogP contribution in [0.25, 0.3) is 0 Å². The van der Waals surface area contributed by atoms with Gasteiger partial charge >= 0.3 is 0 Å². The van der Waals surface area contributed by atoms with Crippen LogP contribution < -0.4 is 15.5 Å². The molecule has 0 amide bonds. The first-order valence-corrected chi connectivity index (χ1v) is 7.90. The monoisotopic (exact) mass is 275 g/mol. The van der Waals surface area contributed by atoms with E-state index in [0.717, 1.165) is 25.6 Å². The van der Waals surface area contributed by atoms with E-state index in [1.54, 1.807) is 0 Å². The van der Waals surface area contributed by atoms with E-state index in [4.69, 9.17) is 0 Å². The summed E-state index contributed by atoms with van der Waals surface area (Å²) in [5.74, 6) is 0.875. The predicted octanol–water partition coefficient (Wildman–Crippen LogP) is 1.18. The van der Waals surface area contributed by atoms with Gasteiger partial charge in [-0.15, -0.1) is 0 Å². The molecule has 3 rings (SSSR count). The van der Waals surface area contributed by atoms with Gasteiger partial charge in [0.15, 0.2) is 0 Å². The van der Waals surface area contributed by atoms with Crippen LogP contribution in [0.4, 0.5) is 5.95 Å². The summed E-state index contributed by atoms with van der Waals surface area (Å²) in [6, 6.07) is 3.20. The Morgan fingerprint density at radius 3 is 2.65 bits per heavy atom. The summed E-state index contributed by atoms with van der Waals surface area (Å²) in [5.41, 5.74) is 0. The Labute approximate surface area is 121 Å². The molecule has 20 heavy (non-hydrogen) atoms. The van der Waals surface area contributed by atoms with Crippen LogP contribution in [-0.2, 0) is 0 Å². The van der Waals surface area contributed by atoms with Gasteiger partial charge in [0.2, 0.25) is 5.95 Å². The summed E-state index contributed by atoms with van der Waals surface area (Å²) in [7, 11) is 0. The summed E-state index contributed by atoms with van der Waals surface area (Å²) in [4.78, 5) is 11.0. The van der Waals surface area contributed by atoms with Crippen molar-refractivity contribution in [2.75, 3.05) is 31.1 Å². The van der Waals surface area contributed by atoms with Crippen molar-refractivity contribution in [3.8, 4) is 0 Å². The lowest BCUT2D eigenvalue weighted by atomic mass is 10.0. The second-order valence-electron chi connectivity index (χ2n) is 5.87. The smallest absolute Gasteiger partial charge is 0.225 e. The van der Waals surface area contributed by atoms with Gasteiger partial charge < -0.3 is 15.5 Å². The largest absolute Gasteiger partial charge is 0.341 e. The number of hydrogen-bond donors (Lipinski definition) is 2. The lowest BCUT2D eigenvalue weighted by molar-refractivity contribution is 0.342. The minimum Gasteiger partial charge on any atom is -0.341 e. The fourth-order valence-electron chi connectivity index (χ4n) is 3.15. The molecular weight excluding hydrogens is 250 g/mol. The van der Waals surface area contributed by atoms with Crippen molar-refractivity contribution in [1.29, 1.82) is 0 Å². The number of nitrogens with zero attached hydrogens (tertiary/aromatic N) is 3. The second kappa shape index (κ2) is 6.99. The van der Waals surface area contributed by atoms with Gasteiger partial charge in [0.05, 0.1) is 0 Å². The van der Waals surface area contributed by atoms with E-state index in [1.165, 1.54) is 38.6 Å². The molecule has 1 aromatic rings. The van der Waals surface area contributed by atoms with Crippen LogP contribution in [0.15, 0.2) is 18.5 Å². The third-order valence-corrected chi connectivity index (χ3v) is 4.40. The van der Waals surface area contributed by atoms with Gasteiger partial charge in [-0.1, -0.05) is 6.42 Å². The molecule has 2 aliphatic rings. The van der Waals surface area contributed by atoms with Crippen molar-refractivity contribution in [1.82, 2.24) is 20.6 Å². The lowest BCUT2D eigenvalue weighted by Gasteiger charge is -2.33. The average Bonchev–Trinajstić information content (AvgIpc) is 2.55. The van der Waals surface area contributed by atoms with Gasteiger partial charge in [0, 0.05) is 44.1 Å². The molecule has 0 radical (unpaired) electrons. The Kier molecular flexibility index (Phi) is 4.82. The maximum Gasteiger partial charge on any atom is 0.225 e. The van der Waals surface area contributed by atoms with E-state index < -0.39 is 0 Å². The summed E-state index contributed by atoms with van der Waals surface area (Å²) < 4.78 is 0. The van der Waals surface area contributed by atoms with E-state index in [2.05, 4.69) is 25.5 Å². The molecule has 0 aromatic carbocycles. The van der Waals surface area contributed by atoms with Crippen LogP contribution in [-0.4, -0.2) is 48.2 Å². The molecule has 0 saturated carbocycles. The highest BCUT2D eigenvalue weighted by Crippen LogP contribution is 2.15. The highest BCUT2D eigenvalue weighted by atomic mass is 15.3. The Morgan fingerprint density at radius 1 is 1.15 bits per heavy atom. The quantitative estimate of drug-likeness (QED) is 0.864.